The van der Waals surface area contributed by atoms with Crippen LogP contribution in [0.15, 0.2) is 22.7 Å². The van der Waals surface area contributed by atoms with Crippen molar-refractivity contribution in [3.8, 4) is 5.75 Å². The number of carbonyl (C=O) groups excluding carboxylic acids is 1. The summed E-state index contributed by atoms with van der Waals surface area (Å²) in [6.45, 7) is 0.807. The quantitative estimate of drug-likeness (QED) is 0.784. The van der Waals surface area contributed by atoms with E-state index in [2.05, 4.69) is 15.9 Å². The van der Waals surface area contributed by atoms with Gasteiger partial charge in [0.2, 0.25) is 0 Å². The van der Waals surface area contributed by atoms with Gasteiger partial charge < -0.3 is 4.74 Å². The Morgan fingerprint density at radius 2 is 2.22 bits per heavy atom. The second kappa shape index (κ2) is 5.04. The van der Waals surface area contributed by atoms with E-state index in [0.29, 0.717) is 5.56 Å². The van der Waals surface area contributed by atoms with Crippen molar-refractivity contribution in [2.24, 2.45) is 17.8 Å². The van der Waals surface area contributed by atoms with Crippen LogP contribution in [0.4, 0.5) is 0 Å². The molecule has 0 amide bonds. The largest absolute Gasteiger partial charge is 0.493 e. The molecule has 3 rings (SSSR count). The Morgan fingerprint density at radius 1 is 1.33 bits per heavy atom. The standard InChI is InChI=1S/C15H17BrO2/c16-15-4-3-14(7-12(15)8-17)18-9-13-6-10-1-2-11(13)5-10/h3-4,7-8,10-11,13H,1-2,5-6,9H2. The summed E-state index contributed by atoms with van der Waals surface area (Å²) in [6, 6.07) is 5.61. The fraction of sp³-hybridized carbons (Fsp3) is 0.533. The molecule has 0 N–H and O–H groups in total. The molecule has 96 valence electrons. The minimum absolute atomic E-state index is 0.653. The maximum atomic E-state index is 10.9. The number of hydrogen-bond acceptors (Lipinski definition) is 2. The number of ether oxygens (including phenoxy) is 1. The molecule has 2 fully saturated rings. The zero-order valence-corrected chi connectivity index (χ0v) is 11.9. The fourth-order valence-corrected chi connectivity index (χ4v) is 3.83. The van der Waals surface area contributed by atoms with Gasteiger partial charge in [-0.1, -0.05) is 22.4 Å². The van der Waals surface area contributed by atoms with E-state index in [1.807, 2.05) is 18.2 Å². The molecule has 3 atom stereocenters. The van der Waals surface area contributed by atoms with Gasteiger partial charge in [-0.25, -0.2) is 0 Å². The van der Waals surface area contributed by atoms with E-state index in [9.17, 15) is 4.79 Å². The first-order chi connectivity index (χ1) is 8.76. The zero-order chi connectivity index (χ0) is 12.5. The molecule has 2 aliphatic carbocycles. The second-order valence-electron chi connectivity index (χ2n) is 5.55. The van der Waals surface area contributed by atoms with Crippen molar-refractivity contribution in [2.75, 3.05) is 6.61 Å². The van der Waals surface area contributed by atoms with E-state index in [-0.39, 0.29) is 0 Å². The number of fused-ring (bicyclic) bond motifs is 2. The van der Waals surface area contributed by atoms with Gasteiger partial charge in [0.25, 0.3) is 0 Å². The molecule has 0 aromatic heterocycles. The van der Waals surface area contributed by atoms with Gasteiger partial charge in [0.05, 0.1) is 6.61 Å². The SMILES string of the molecule is O=Cc1cc(OCC2CC3CCC2C3)ccc1Br. The molecule has 0 aliphatic heterocycles. The predicted molar refractivity (Wildman–Crippen MR) is 74.0 cm³/mol. The molecule has 0 heterocycles. The van der Waals surface area contributed by atoms with Gasteiger partial charge >= 0.3 is 0 Å². The molecule has 18 heavy (non-hydrogen) atoms. The molecule has 2 saturated carbocycles. The third kappa shape index (κ3) is 2.33. The van der Waals surface area contributed by atoms with Gasteiger partial charge in [-0.2, -0.15) is 0 Å². The number of halogens is 1. The van der Waals surface area contributed by atoms with Crippen molar-refractivity contribution in [3.05, 3.63) is 28.2 Å². The highest BCUT2D eigenvalue weighted by molar-refractivity contribution is 9.10. The number of carbonyl (C=O) groups is 1. The van der Waals surface area contributed by atoms with Gasteiger partial charge in [0.1, 0.15) is 5.75 Å². The van der Waals surface area contributed by atoms with Crippen molar-refractivity contribution in [3.63, 3.8) is 0 Å². The third-order valence-electron chi connectivity index (χ3n) is 4.44. The van der Waals surface area contributed by atoms with E-state index in [1.165, 1.54) is 25.7 Å². The smallest absolute Gasteiger partial charge is 0.151 e. The molecule has 2 nitrogen and oxygen atoms in total. The molecule has 2 bridgehead atoms. The highest BCUT2D eigenvalue weighted by Crippen LogP contribution is 2.48. The normalized spacial score (nSPS) is 29.5. The van der Waals surface area contributed by atoms with Gasteiger partial charge in [-0.3, -0.25) is 4.79 Å². The number of benzene rings is 1. The maximum Gasteiger partial charge on any atom is 0.151 e. The summed E-state index contributed by atoms with van der Waals surface area (Å²) in [6.07, 6.45) is 6.41. The van der Waals surface area contributed by atoms with Crippen LogP contribution in [-0.4, -0.2) is 12.9 Å². The Labute approximate surface area is 116 Å². The van der Waals surface area contributed by atoms with Crippen LogP contribution < -0.4 is 4.74 Å². The average Bonchev–Trinajstić information content (AvgIpc) is 3.00. The number of aldehydes is 1. The summed E-state index contributed by atoms with van der Waals surface area (Å²) in [4.78, 5) is 10.9. The first-order valence-corrected chi connectivity index (χ1v) is 7.43. The molecule has 0 radical (unpaired) electrons. The number of rotatable bonds is 4. The zero-order valence-electron chi connectivity index (χ0n) is 10.3. The third-order valence-corrected chi connectivity index (χ3v) is 5.17. The lowest BCUT2D eigenvalue weighted by atomic mass is 9.89. The van der Waals surface area contributed by atoms with Crippen molar-refractivity contribution in [1.82, 2.24) is 0 Å². The van der Waals surface area contributed by atoms with Crippen molar-refractivity contribution in [1.29, 1.82) is 0 Å². The minimum Gasteiger partial charge on any atom is -0.493 e. The van der Waals surface area contributed by atoms with Crippen molar-refractivity contribution >= 4 is 22.2 Å². The lowest BCUT2D eigenvalue weighted by Gasteiger charge is -2.21. The average molecular weight is 309 g/mol. The van der Waals surface area contributed by atoms with Crippen LogP contribution in [0.5, 0.6) is 5.75 Å². The minimum atomic E-state index is 0.653. The predicted octanol–water partition coefficient (Wildman–Crippen LogP) is 4.08. The Balaban J connectivity index is 1.61. The van der Waals surface area contributed by atoms with E-state index in [4.69, 9.17) is 4.74 Å². The van der Waals surface area contributed by atoms with Crippen LogP contribution in [0.25, 0.3) is 0 Å². The van der Waals surface area contributed by atoms with Crippen LogP contribution in [0, 0.1) is 17.8 Å². The summed E-state index contributed by atoms with van der Waals surface area (Å²) in [7, 11) is 0. The van der Waals surface area contributed by atoms with E-state index >= 15 is 0 Å². The lowest BCUT2D eigenvalue weighted by molar-refractivity contribution is 0.112. The van der Waals surface area contributed by atoms with E-state index in [1.54, 1.807) is 0 Å². The number of hydrogen-bond donors (Lipinski definition) is 0. The molecule has 3 unspecified atom stereocenters. The Morgan fingerprint density at radius 3 is 2.89 bits per heavy atom. The van der Waals surface area contributed by atoms with Crippen LogP contribution in [0.3, 0.4) is 0 Å². The maximum absolute atomic E-state index is 10.9. The van der Waals surface area contributed by atoms with Gasteiger partial charge in [0, 0.05) is 10.0 Å². The highest BCUT2D eigenvalue weighted by Gasteiger charge is 2.39. The Bertz CT molecular complexity index is 458. The monoisotopic (exact) mass is 308 g/mol. The Kier molecular flexibility index (Phi) is 3.42. The van der Waals surface area contributed by atoms with Gasteiger partial charge in [0.15, 0.2) is 6.29 Å². The second-order valence-corrected chi connectivity index (χ2v) is 6.40. The molecule has 1 aromatic carbocycles. The van der Waals surface area contributed by atoms with E-state index < -0.39 is 0 Å². The van der Waals surface area contributed by atoms with Crippen LogP contribution >= 0.6 is 15.9 Å². The molecule has 3 heteroatoms. The van der Waals surface area contributed by atoms with Gasteiger partial charge in [-0.15, -0.1) is 0 Å². The van der Waals surface area contributed by atoms with Crippen molar-refractivity contribution < 1.29 is 9.53 Å². The summed E-state index contributed by atoms with van der Waals surface area (Å²) < 4.78 is 6.68. The molecule has 2 aliphatic rings. The fourth-order valence-electron chi connectivity index (χ4n) is 3.49. The molecular weight excluding hydrogens is 292 g/mol. The molecule has 0 saturated heterocycles. The molecular formula is C15H17BrO2. The molecule has 0 spiro atoms. The summed E-state index contributed by atoms with van der Waals surface area (Å²) in [5.41, 5.74) is 0.653. The first-order valence-electron chi connectivity index (χ1n) is 6.64. The van der Waals surface area contributed by atoms with Crippen LogP contribution in [0.1, 0.15) is 36.0 Å². The molecule has 1 aromatic rings. The van der Waals surface area contributed by atoms with Gasteiger partial charge in [-0.05, 0) is 55.2 Å². The lowest BCUT2D eigenvalue weighted by Crippen LogP contribution is -2.18. The van der Waals surface area contributed by atoms with Crippen LogP contribution in [-0.2, 0) is 0 Å². The van der Waals surface area contributed by atoms with Crippen LogP contribution in [0.2, 0.25) is 0 Å². The van der Waals surface area contributed by atoms with E-state index in [0.717, 1.165) is 40.9 Å². The van der Waals surface area contributed by atoms with Crippen molar-refractivity contribution in [2.45, 2.75) is 25.7 Å². The summed E-state index contributed by atoms with van der Waals surface area (Å²) in [5, 5.41) is 0. The highest BCUT2D eigenvalue weighted by atomic mass is 79.9. The Hall–Kier alpha value is -0.830. The first kappa shape index (κ1) is 12.2. The summed E-state index contributed by atoms with van der Waals surface area (Å²) >= 11 is 3.35. The topological polar surface area (TPSA) is 26.3 Å². The summed E-state index contributed by atoms with van der Waals surface area (Å²) in [5.74, 6) is 3.38.